The monoisotopic (exact) mass is 244 g/mol. The molecule has 0 unspecified atom stereocenters. The standard InChI is InChI=1S/C13H28N2O2/c1-6-13(14,7-2)12(16)15(8-9-17-5)10-11(3)4/h11H,6-10,14H2,1-5H3. The molecule has 0 aromatic rings. The molecule has 0 saturated carbocycles. The fraction of sp³-hybridized carbons (Fsp3) is 0.923. The topological polar surface area (TPSA) is 55.6 Å². The largest absolute Gasteiger partial charge is 0.383 e. The second-order valence-corrected chi connectivity index (χ2v) is 5.00. The van der Waals surface area contributed by atoms with E-state index in [0.717, 1.165) is 6.54 Å². The highest BCUT2D eigenvalue weighted by atomic mass is 16.5. The summed E-state index contributed by atoms with van der Waals surface area (Å²) >= 11 is 0. The molecule has 0 aliphatic rings. The Morgan fingerprint density at radius 2 is 1.88 bits per heavy atom. The van der Waals surface area contributed by atoms with E-state index in [1.165, 1.54) is 0 Å². The lowest BCUT2D eigenvalue weighted by atomic mass is 9.92. The van der Waals surface area contributed by atoms with E-state index < -0.39 is 5.54 Å². The number of amides is 1. The Balaban J connectivity index is 4.71. The van der Waals surface area contributed by atoms with Gasteiger partial charge >= 0.3 is 0 Å². The molecule has 0 heterocycles. The highest BCUT2D eigenvalue weighted by Gasteiger charge is 2.33. The van der Waals surface area contributed by atoms with Gasteiger partial charge < -0.3 is 15.4 Å². The number of hydrogen-bond donors (Lipinski definition) is 1. The van der Waals surface area contributed by atoms with Crippen LogP contribution in [0.25, 0.3) is 0 Å². The number of hydrogen-bond acceptors (Lipinski definition) is 3. The van der Waals surface area contributed by atoms with E-state index in [0.29, 0.717) is 31.9 Å². The molecule has 0 radical (unpaired) electrons. The Labute approximate surface area is 105 Å². The third-order valence-electron chi connectivity index (χ3n) is 3.13. The van der Waals surface area contributed by atoms with Crippen LogP contribution in [0.1, 0.15) is 40.5 Å². The van der Waals surface area contributed by atoms with Gasteiger partial charge in [-0.25, -0.2) is 0 Å². The van der Waals surface area contributed by atoms with Crippen molar-refractivity contribution in [1.82, 2.24) is 4.90 Å². The summed E-state index contributed by atoms with van der Waals surface area (Å²) in [4.78, 5) is 14.2. The normalized spacial score (nSPS) is 11.9. The van der Waals surface area contributed by atoms with Crippen LogP contribution in [-0.4, -0.2) is 43.2 Å². The average Bonchev–Trinajstić information content (AvgIpc) is 2.32. The highest BCUT2D eigenvalue weighted by molar-refractivity contribution is 5.86. The van der Waals surface area contributed by atoms with E-state index in [-0.39, 0.29) is 5.91 Å². The minimum atomic E-state index is -0.720. The van der Waals surface area contributed by atoms with Crippen LogP contribution in [0.4, 0.5) is 0 Å². The SMILES string of the molecule is CCC(N)(CC)C(=O)N(CCOC)CC(C)C. The van der Waals surface area contributed by atoms with Crippen molar-refractivity contribution in [2.75, 3.05) is 26.8 Å². The number of carbonyl (C=O) groups excluding carboxylic acids is 1. The smallest absolute Gasteiger partial charge is 0.242 e. The molecule has 0 fully saturated rings. The first-order chi connectivity index (χ1) is 7.91. The van der Waals surface area contributed by atoms with Crippen LogP contribution in [0.2, 0.25) is 0 Å². The zero-order valence-corrected chi connectivity index (χ0v) is 12.0. The maximum Gasteiger partial charge on any atom is 0.242 e. The van der Waals surface area contributed by atoms with Gasteiger partial charge in [0, 0.05) is 20.2 Å². The number of carbonyl (C=O) groups is 1. The van der Waals surface area contributed by atoms with Crippen molar-refractivity contribution in [3.63, 3.8) is 0 Å². The molecule has 0 bridgehead atoms. The molecule has 102 valence electrons. The van der Waals surface area contributed by atoms with E-state index in [4.69, 9.17) is 10.5 Å². The number of ether oxygens (including phenoxy) is 1. The van der Waals surface area contributed by atoms with Crippen LogP contribution in [0, 0.1) is 5.92 Å². The van der Waals surface area contributed by atoms with E-state index in [1.807, 2.05) is 18.7 Å². The van der Waals surface area contributed by atoms with Gasteiger partial charge in [-0.2, -0.15) is 0 Å². The molecule has 4 nitrogen and oxygen atoms in total. The molecular formula is C13H28N2O2. The summed E-state index contributed by atoms with van der Waals surface area (Å²) in [6.07, 6.45) is 1.34. The molecule has 17 heavy (non-hydrogen) atoms. The molecule has 1 amide bonds. The summed E-state index contributed by atoms with van der Waals surface area (Å²) in [5.74, 6) is 0.488. The predicted octanol–water partition coefficient (Wildman–Crippen LogP) is 1.63. The second kappa shape index (κ2) is 7.67. The number of nitrogens with zero attached hydrogens (tertiary/aromatic N) is 1. The van der Waals surface area contributed by atoms with Crippen molar-refractivity contribution in [2.24, 2.45) is 11.7 Å². The average molecular weight is 244 g/mol. The van der Waals surface area contributed by atoms with Gasteiger partial charge in [-0.1, -0.05) is 27.7 Å². The van der Waals surface area contributed by atoms with Crippen molar-refractivity contribution in [2.45, 2.75) is 46.1 Å². The maximum atomic E-state index is 12.4. The Morgan fingerprint density at radius 3 is 2.24 bits per heavy atom. The predicted molar refractivity (Wildman–Crippen MR) is 70.8 cm³/mol. The Morgan fingerprint density at radius 1 is 1.35 bits per heavy atom. The molecule has 4 heteroatoms. The van der Waals surface area contributed by atoms with Crippen LogP contribution in [0.5, 0.6) is 0 Å². The molecular weight excluding hydrogens is 216 g/mol. The minimum absolute atomic E-state index is 0.0493. The quantitative estimate of drug-likeness (QED) is 0.706. The first-order valence-electron chi connectivity index (χ1n) is 6.48. The molecule has 0 atom stereocenters. The fourth-order valence-corrected chi connectivity index (χ4v) is 1.79. The summed E-state index contributed by atoms with van der Waals surface area (Å²) in [5.41, 5.74) is 5.44. The molecule has 0 rings (SSSR count). The molecule has 2 N–H and O–H groups in total. The molecule has 0 aromatic carbocycles. The summed E-state index contributed by atoms with van der Waals surface area (Å²) < 4.78 is 5.05. The van der Waals surface area contributed by atoms with Crippen molar-refractivity contribution in [3.05, 3.63) is 0 Å². The number of methoxy groups -OCH3 is 1. The van der Waals surface area contributed by atoms with Gasteiger partial charge in [-0.3, -0.25) is 4.79 Å². The summed E-state index contributed by atoms with van der Waals surface area (Å²) in [6, 6.07) is 0. The van der Waals surface area contributed by atoms with Crippen LogP contribution in [0.15, 0.2) is 0 Å². The summed E-state index contributed by atoms with van der Waals surface area (Å²) in [5, 5.41) is 0. The van der Waals surface area contributed by atoms with E-state index in [9.17, 15) is 4.79 Å². The number of rotatable bonds is 8. The van der Waals surface area contributed by atoms with Crippen LogP contribution < -0.4 is 5.73 Å². The Bertz CT molecular complexity index is 225. The highest BCUT2D eigenvalue weighted by Crippen LogP contribution is 2.16. The lowest BCUT2D eigenvalue weighted by molar-refractivity contribution is -0.138. The third-order valence-corrected chi connectivity index (χ3v) is 3.13. The van der Waals surface area contributed by atoms with Gasteiger partial charge in [0.1, 0.15) is 0 Å². The van der Waals surface area contributed by atoms with Crippen LogP contribution in [-0.2, 0) is 9.53 Å². The second-order valence-electron chi connectivity index (χ2n) is 5.00. The molecule has 0 aromatic heterocycles. The van der Waals surface area contributed by atoms with Gasteiger partial charge in [-0.15, -0.1) is 0 Å². The molecule has 0 spiro atoms. The zero-order chi connectivity index (χ0) is 13.5. The van der Waals surface area contributed by atoms with Gasteiger partial charge in [0.15, 0.2) is 0 Å². The van der Waals surface area contributed by atoms with Gasteiger partial charge in [0.05, 0.1) is 12.1 Å². The van der Waals surface area contributed by atoms with Crippen molar-refractivity contribution >= 4 is 5.91 Å². The first kappa shape index (κ1) is 16.4. The summed E-state index contributed by atoms with van der Waals surface area (Å²) in [7, 11) is 1.65. The maximum absolute atomic E-state index is 12.4. The van der Waals surface area contributed by atoms with Crippen molar-refractivity contribution in [1.29, 1.82) is 0 Å². The Kier molecular flexibility index (Phi) is 7.39. The molecule has 0 aliphatic carbocycles. The molecule has 0 aliphatic heterocycles. The van der Waals surface area contributed by atoms with Crippen LogP contribution in [0.3, 0.4) is 0 Å². The van der Waals surface area contributed by atoms with Gasteiger partial charge in [0.25, 0.3) is 0 Å². The summed E-state index contributed by atoms with van der Waals surface area (Å²) in [6.45, 7) is 10.0. The van der Waals surface area contributed by atoms with E-state index in [2.05, 4.69) is 13.8 Å². The fourth-order valence-electron chi connectivity index (χ4n) is 1.79. The number of nitrogens with two attached hydrogens (primary N) is 1. The van der Waals surface area contributed by atoms with Crippen LogP contribution >= 0.6 is 0 Å². The lowest BCUT2D eigenvalue weighted by Crippen LogP contribution is -2.55. The van der Waals surface area contributed by atoms with Crippen molar-refractivity contribution < 1.29 is 9.53 Å². The first-order valence-corrected chi connectivity index (χ1v) is 6.48. The minimum Gasteiger partial charge on any atom is -0.383 e. The van der Waals surface area contributed by atoms with E-state index in [1.54, 1.807) is 7.11 Å². The van der Waals surface area contributed by atoms with Gasteiger partial charge in [-0.05, 0) is 18.8 Å². The van der Waals surface area contributed by atoms with Gasteiger partial charge in [0.2, 0.25) is 5.91 Å². The van der Waals surface area contributed by atoms with Crippen molar-refractivity contribution in [3.8, 4) is 0 Å². The lowest BCUT2D eigenvalue weighted by Gasteiger charge is -2.34. The third kappa shape index (κ3) is 5.04. The Hall–Kier alpha value is -0.610. The van der Waals surface area contributed by atoms with E-state index >= 15 is 0 Å². The zero-order valence-electron chi connectivity index (χ0n) is 12.0. The molecule has 0 saturated heterocycles.